The third-order valence-electron chi connectivity index (χ3n) is 6.09. The van der Waals surface area contributed by atoms with Gasteiger partial charge in [-0.1, -0.05) is 5.16 Å². The number of amidine groups is 1. The first-order chi connectivity index (χ1) is 8.72. The smallest absolute Gasteiger partial charge is 0.139 e. The molecule has 0 aromatic rings. The van der Waals surface area contributed by atoms with Gasteiger partial charge in [0.25, 0.3) is 0 Å². The molecule has 0 radical (unpaired) electrons. The van der Waals surface area contributed by atoms with E-state index >= 15 is 0 Å². The van der Waals surface area contributed by atoms with Gasteiger partial charge in [-0.15, -0.1) is 0 Å². The lowest BCUT2D eigenvalue weighted by atomic mass is 10.0. The number of hydrogen-bond acceptors (Lipinski definition) is 3. The molecule has 0 aliphatic heterocycles. The van der Waals surface area contributed by atoms with Crippen molar-refractivity contribution in [3.05, 3.63) is 0 Å². The zero-order valence-electron chi connectivity index (χ0n) is 10.8. The number of nitrogens with zero attached hydrogens (tertiary/aromatic N) is 1. The maximum absolute atomic E-state index is 8.67. The van der Waals surface area contributed by atoms with Gasteiger partial charge in [0, 0.05) is 19.0 Å². The lowest BCUT2D eigenvalue weighted by molar-refractivity contribution is 0.313. The standard InChI is InChI=1S/C14H23N3O/c15-10(17-18)6-14(3-4-14)7-16-13-11-8-1-2-9(5-8)12(11)13/h8-9,11-13,16,18H,1-7H2,(H2,15,17). The highest BCUT2D eigenvalue weighted by molar-refractivity contribution is 5.80. The average molecular weight is 249 g/mol. The number of oxime groups is 1. The van der Waals surface area contributed by atoms with E-state index in [4.69, 9.17) is 10.9 Å². The van der Waals surface area contributed by atoms with Crippen LogP contribution in [0.2, 0.25) is 0 Å². The molecule has 18 heavy (non-hydrogen) atoms. The van der Waals surface area contributed by atoms with Gasteiger partial charge in [-0.25, -0.2) is 0 Å². The Balaban J connectivity index is 1.30. The van der Waals surface area contributed by atoms with E-state index in [0.717, 1.165) is 42.7 Å². The van der Waals surface area contributed by atoms with Gasteiger partial charge < -0.3 is 16.3 Å². The minimum atomic E-state index is 0.312. The van der Waals surface area contributed by atoms with Gasteiger partial charge in [-0.3, -0.25) is 0 Å². The monoisotopic (exact) mass is 249 g/mol. The molecule has 2 bridgehead atoms. The van der Waals surface area contributed by atoms with Crippen molar-refractivity contribution in [1.82, 2.24) is 5.32 Å². The number of nitrogens with two attached hydrogens (primary N) is 1. The van der Waals surface area contributed by atoms with Gasteiger partial charge in [-0.2, -0.15) is 0 Å². The molecule has 4 unspecified atom stereocenters. The zero-order valence-corrected chi connectivity index (χ0v) is 10.8. The Morgan fingerprint density at radius 1 is 1.28 bits per heavy atom. The SMILES string of the molecule is NC(CC1(CNC2C3C4CCC(C4)C23)CC1)=NO. The van der Waals surface area contributed by atoms with Crippen LogP contribution in [0.1, 0.15) is 38.5 Å². The fourth-order valence-corrected chi connectivity index (χ4v) is 4.94. The molecule has 0 aromatic heterocycles. The van der Waals surface area contributed by atoms with Crippen LogP contribution in [0.5, 0.6) is 0 Å². The molecule has 4 rings (SSSR count). The molecule has 4 nitrogen and oxygen atoms in total. The Morgan fingerprint density at radius 2 is 1.94 bits per heavy atom. The first-order valence-electron chi connectivity index (χ1n) is 7.42. The van der Waals surface area contributed by atoms with E-state index in [1.807, 2.05) is 0 Å². The molecule has 0 aromatic carbocycles. The summed E-state index contributed by atoms with van der Waals surface area (Å²) in [5, 5.41) is 15.6. The number of fused-ring (bicyclic) bond motifs is 5. The lowest BCUT2D eigenvalue weighted by Gasteiger charge is -2.17. The van der Waals surface area contributed by atoms with Crippen LogP contribution in [0.4, 0.5) is 0 Å². The summed E-state index contributed by atoms with van der Waals surface area (Å²) in [6, 6.07) is 0.806. The quantitative estimate of drug-likeness (QED) is 0.299. The van der Waals surface area contributed by atoms with Crippen LogP contribution in [-0.4, -0.2) is 23.6 Å². The fourth-order valence-electron chi connectivity index (χ4n) is 4.94. The molecule has 4 atom stereocenters. The topological polar surface area (TPSA) is 70.6 Å². The second-order valence-electron chi connectivity index (χ2n) is 7.16. The van der Waals surface area contributed by atoms with E-state index in [9.17, 15) is 0 Å². The Bertz CT molecular complexity index is 375. The van der Waals surface area contributed by atoms with Crippen molar-refractivity contribution in [3.8, 4) is 0 Å². The molecule has 0 heterocycles. The van der Waals surface area contributed by atoms with Gasteiger partial charge in [0.2, 0.25) is 0 Å². The summed E-state index contributed by atoms with van der Waals surface area (Å²) in [6.45, 7) is 1.07. The normalized spacial score (nSPS) is 47.1. The van der Waals surface area contributed by atoms with Crippen molar-refractivity contribution in [2.24, 2.45) is 40.0 Å². The van der Waals surface area contributed by atoms with Crippen molar-refractivity contribution < 1.29 is 5.21 Å². The molecule has 4 fully saturated rings. The van der Waals surface area contributed by atoms with E-state index < -0.39 is 0 Å². The first-order valence-corrected chi connectivity index (χ1v) is 7.42. The molecule has 4 N–H and O–H groups in total. The highest BCUT2D eigenvalue weighted by Crippen LogP contribution is 2.65. The minimum Gasteiger partial charge on any atom is -0.409 e. The molecule has 0 spiro atoms. The van der Waals surface area contributed by atoms with Crippen molar-refractivity contribution in [2.45, 2.75) is 44.6 Å². The predicted octanol–water partition coefficient (Wildman–Crippen LogP) is 1.54. The summed E-state index contributed by atoms with van der Waals surface area (Å²) < 4.78 is 0. The minimum absolute atomic E-state index is 0.312. The number of hydrogen-bond donors (Lipinski definition) is 3. The molecule has 4 saturated carbocycles. The fraction of sp³-hybridized carbons (Fsp3) is 0.929. The molecule has 4 aliphatic rings. The Labute approximate surface area is 108 Å². The molecule has 0 saturated heterocycles. The van der Waals surface area contributed by atoms with Gasteiger partial charge in [0.15, 0.2) is 0 Å². The van der Waals surface area contributed by atoms with Crippen LogP contribution < -0.4 is 11.1 Å². The Hall–Kier alpha value is -0.770. The largest absolute Gasteiger partial charge is 0.409 e. The van der Waals surface area contributed by atoms with E-state index in [0.29, 0.717) is 11.3 Å². The number of rotatable bonds is 5. The highest BCUT2D eigenvalue weighted by atomic mass is 16.4. The molecule has 0 amide bonds. The van der Waals surface area contributed by atoms with Gasteiger partial charge in [0.05, 0.1) is 0 Å². The van der Waals surface area contributed by atoms with E-state index in [1.54, 1.807) is 0 Å². The zero-order chi connectivity index (χ0) is 12.3. The van der Waals surface area contributed by atoms with Crippen LogP contribution in [0, 0.1) is 29.1 Å². The van der Waals surface area contributed by atoms with Crippen LogP contribution in [-0.2, 0) is 0 Å². The third kappa shape index (κ3) is 1.58. The molecular formula is C14H23N3O. The molecular weight excluding hydrogens is 226 g/mol. The summed E-state index contributed by atoms with van der Waals surface area (Å²) in [7, 11) is 0. The molecule has 4 aliphatic carbocycles. The van der Waals surface area contributed by atoms with Crippen LogP contribution >= 0.6 is 0 Å². The van der Waals surface area contributed by atoms with Gasteiger partial charge in [-0.05, 0) is 61.2 Å². The molecule has 100 valence electrons. The van der Waals surface area contributed by atoms with Crippen molar-refractivity contribution in [3.63, 3.8) is 0 Å². The van der Waals surface area contributed by atoms with Crippen molar-refractivity contribution in [2.75, 3.05) is 6.54 Å². The maximum atomic E-state index is 8.67. The maximum Gasteiger partial charge on any atom is 0.139 e. The Kier molecular flexibility index (Phi) is 2.23. The van der Waals surface area contributed by atoms with Crippen molar-refractivity contribution >= 4 is 5.84 Å². The van der Waals surface area contributed by atoms with Crippen LogP contribution in [0.3, 0.4) is 0 Å². The average Bonchev–Trinajstić information content (AvgIpc) is 3.22. The van der Waals surface area contributed by atoms with Crippen LogP contribution in [0.25, 0.3) is 0 Å². The molecule has 4 heteroatoms. The van der Waals surface area contributed by atoms with Crippen molar-refractivity contribution in [1.29, 1.82) is 0 Å². The van der Waals surface area contributed by atoms with E-state index in [1.165, 1.54) is 32.1 Å². The van der Waals surface area contributed by atoms with E-state index in [-0.39, 0.29) is 0 Å². The second-order valence-corrected chi connectivity index (χ2v) is 7.16. The van der Waals surface area contributed by atoms with Crippen LogP contribution in [0.15, 0.2) is 5.16 Å². The lowest BCUT2D eigenvalue weighted by Crippen LogP contribution is -2.32. The second kappa shape index (κ2) is 3.62. The van der Waals surface area contributed by atoms with Gasteiger partial charge >= 0.3 is 0 Å². The summed E-state index contributed by atoms with van der Waals surface area (Å²) in [5.74, 6) is 4.48. The summed E-state index contributed by atoms with van der Waals surface area (Å²) in [4.78, 5) is 0. The Morgan fingerprint density at radius 3 is 2.50 bits per heavy atom. The summed E-state index contributed by atoms with van der Waals surface area (Å²) in [5.41, 5.74) is 5.95. The van der Waals surface area contributed by atoms with E-state index in [2.05, 4.69) is 10.5 Å². The summed E-state index contributed by atoms with van der Waals surface area (Å²) >= 11 is 0. The predicted molar refractivity (Wildman–Crippen MR) is 69.3 cm³/mol. The number of nitrogens with one attached hydrogen (secondary N) is 1. The van der Waals surface area contributed by atoms with Gasteiger partial charge in [0.1, 0.15) is 5.84 Å². The highest BCUT2D eigenvalue weighted by Gasteiger charge is 2.65. The first kappa shape index (κ1) is 11.1. The third-order valence-corrected chi connectivity index (χ3v) is 6.09. The summed E-state index contributed by atoms with van der Waals surface area (Å²) in [6.07, 6.45) is 7.70.